The molecule has 2 rings (SSSR count). The van der Waals surface area contributed by atoms with Crippen LogP contribution in [0.2, 0.25) is 5.02 Å². The lowest BCUT2D eigenvalue weighted by molar-refractivity contribution is -0.123. The molecule has 0 saturated heterocycles. The smallest absolute Gasteiger partial charge is 0.277 e. The Balaban J connectivity index is 1.74. The summed E-state index contributed by atoms with van der Waals surface area (Å²) in [7, 11) is 0. The highest BCUT2D eigenvalue weighted by atomic mass is 35.5. The molecule has 122 valence electrons. The molecule has 0 spiro atoms. The molecule has 1 amide bonds. The van der Waals surface area contributed by atoms with Gasteiger partial charge >= 0.3 is 0 Å². The zero-order chi connectivity index (χ0) is 16.5. The lowest BCUT2D eigenvalue weighted by Gasteiger charge is -2.04. The summed E-state index contributed by atoms with van der Waals surface area (Å²) in [6, 6.07) is 11.0. The Morgan fingerprint density at radius 2 is 2.26 bits per heavy atom. The van der Waals surface area contributed by atoms with Crippen molar-refractivity contribution in [1.82, 2.24) is 5.43 Å². The van der Waals surface area contributed by atoms with Gasteiger partial charge in [-0.15, -0.1) is 11.3 Å². The number of aryl methyl sites for hydroxylation is 1. The Bertz CT molecular complexity index is 670. The van der Waals surface area contributed by atoms with Crippen molar-refractivity contribution in [2.45, 2.75) is 26.2 Å². The third-order valence-corrected chi connectivity index (χ3v) is 4.32. The standard InChI is InChI=1S/C17H19ClN2O2S/c1-2-3-7-15-8-9-16(23-15)11-19-20-17(21)12-22-14-6-4-5-13(18)10-14/h4-6,8-11H,2-3,7,12H2,1H3,(H,20,21)/b19-11+. The first-order valence-corrected chi connectivity index (χ1v) is 8.66. The lowest BCUT2D eigenvalue weighted by atomic mass is 10.2. The molecule has 0 unspecified atom stereocenters. The van der Waals surface area contributed by atoms with Crippen molar-refractivity contribution >= 4 is 35.1 Å². The number of hydrazone groups is 1. The first kappa shape index (κ1) is 17.5. The second-order valence-electron chi connectivity index (χ2n) is 4.95. The van der Waals surface area contributed by atoms with Gasteiger partial charge in [0.25, 0.3) is 5.91 Å². The SMILES string of the molecule is CCCCc1ccc(/C=N/NC(=O)COc2cccc(Cl)c2)s1. The van der Waals surface area contributed by atoms with Gasteiger partial charge in [0, 0.05) is 14.8 Å². The van der Waals surface area contributed by atoms with E-state index in [0.29, 0.717) is 10.8 Å². The Hall–Kier alpha value is -1.85. The second-order valence-corrected chi connectivity index (χ2v) is 6.58. The molecule has 4 nitrogen and oxygen atoms in total. The van der Waals surface area contributed by atoms with Crippen molar-refractivity contribution in [3.8, 4) is 5.75 Å². The van der Waals surface area contributed by atoms with E-state index in [-0.39, 0.29) is 12.5 Å². The van der Waals surface area contributed by atoms with Crippen LogP contribution in [0.15, 0.2) is 41.5 Å². The van der Waals surface area contributed by atoms with Crippen molar-refractivity contribution in [3.63, 3.8) is 0 Å². The summed E-state index contributed by atoms with van der Waals surface area (Å²) in [5.74, 6) is 0.236. The third-order valence-electron chi connectivity index (χ3n) is 3.01. The maximum absolute atomic E-state index is 11.7. The average Bonchev–Trinajstić information content (AvgIpc) is 2.99. The fraction of sp³-hybridized carbons (Fsp3) is 0.294. The number of unbranched alkanes of at least 4 members (excludes halogenated alkanes) is 1. The van der Waals surface area contributed by atoms with Crippen LogP contribution in [0, 0.1) is 0 Å². The number of ether oxygens (including phenoxy) is 1. The molecular weight excluding hydrogens is 332 g/mol. The minimum absolute atomic E-state index is 0.107. The third kappa shape index (κ3) is 6.42. The van der Waals surface area contributed by atoms with Crippen LogP contribution in [-0.2, 0) is 11.2 Å². The number of hydrogen-bond acceptors (Lipinski definition) is 4. The number of nitrogens with zero attached hydrogens (tertiary/aromatic N) is 1. The predicted octanol–water partition coefficient (Wildman–Crippen LogP) is 4.27. The van der Waals surface area contributed by atoms with E-state index in [2.05, 4.69) is 23.5 Å². The molecule has 0 fully saturated rings. The van der Waals surface area contributed by atoms with Gasteiger partial charge in [-0.1, -0.05) is 31.0 Å². The number of rotatable bonds is 8. The molecule has 0 aliphatic rings. The largest absolute Gasteiger partial charge is 0.484 e. The van der Waals surface area contributed by atoms with Gasteiger partial charge in [0.15, 0.2) is 6.61 Å². The normalized spacial score (nSPS) is 10.9. The molecule has 6 heteroatoms. The van der Waals surface area contributed by atoms with Gasteiger partial charge in [-0.05, 0) is 43.2 Å². The summed E-state index contributed by atoms with van der Waals surface area (Å²) in [6.07, 6.45) is 5.12. The quantitative estimate of drug-likeness (QED) is 0.571. The number of hydrogen-bond donors (Lipinski definition) is 1. The summed E-state index contributed by atoms with van der Waals surface area (Å²) in [6.45, 7) is 2.07. The van der Waals surface area contributed by atoms with Crippen LogP contribution in [0.4, 0.5) is 0 Å². The molecule has 2 aromatic rings. The summed E-state index contributed by atoms with van der Waals surface area (Å²) in [5, 5.41) is 4.51. The molecular formula is C17H19ClN2O2S. The zero-order valence-electron chi connectivity index (χ0n) is 12.9. The van der Waals surface area contributed by atoms with Crippen LogP contribution in [0.3, 0.4) is 0 Å². The Labute approximate surface area is 145 Å². The van der Waals surface area contributed by atoms with Crippen LogP contribution in [0.1, 0.15) is 29.5 Å². The van der Waals surface area contributed by atoms with Crippen LogP contribution in [0.25, 0.3) is 0 Å². The Morgan fingerprint density at radius 1 is 1.39 bits per heavy atom. The van der Waals surface area contributed by atoms with Crippen molar-refractivity contribution < 1.29 is 9.53 Å². The maximum Gasteiger partial charge on any atom is 0.277 e. The molecule has 1 aromatic heterocycles. The Morgan fingerprint density at radius 3 is 3.04 bits per heavy atom. The maximum atomic E-state index is 11.7. The number of amides is 1. The van der Waals surface area contributed by atoms with Gasteiger partial charge in [0.05, 0.1) is 6.21 Å². The molecule has 0 radical (unpaired) electrons. The second kappa shape index (κ2) is 9.33. The van der Waals surface area contributed by atoms with Crippen molar-refractivity contribution in [1.29, 1.82) is 0 Å². The minimum Gasteiger partial charge on any atom is -0.484 e. The number of nitrogens with one attached hydrogen (secondary N) is 1. The monoisotopic (exact) mass is 350 g/mol. The van der Waals surface area contributed by atoms with Gasteiger partial charge < -0.3 is 4.74 Å². The van der Waals surface area contributed by atoms with E-state index in [1.54, 1.807) is 41.8 Å². The van der Waals surface area contributed by atoms with E-state index < -0.39 is 0 Å². The fourth-order valence-electron chi connectivity index (χ4n) is 1.86. The van der Waals surface area contributed by atoms with Gasteiger partial charge in [0.2, 0.25) is 0 Å². The number of halogens is 1. The van der Waals surface area contributed by atoms with Crippen molar-refractivity contribution in [2.24, 2.45) is 5.10 Å². The molecule has 23 heavy (non-hydrogen) atoms. The van der Waals surface area contributed by atoms with E-state index in [9.17, 15) is 4.79 Å². The Kier molecular flexibility index (Phi) is 7.10. The summed E-state index contributed by atoms with van der Waals surface area (Å²) in [4.78, 5) is 14.0. The van der Waals surface area contributed by atoms with Gasteiger partial charge in [-0.2, -0.15) is 5.10 Å². The zero-order valence-corrected chi connectivity index (χ0v) is 14.5. The van der Waals surface area contributed by atoms with Crippen molar-refractivity contribution in [3.05, 3.63) is 51.2 Å². The minimum atomic E-state index is -0.316. The fourth-order valence-corrected chi connectivity index (χ4v) is 2.96. The van der Waals surface area contributed by atoms with E-state index in [1.165, 1.54) is 17.7 Å². The number of carbonyl (C=O) groups excluding carboxylic acids is 1. The molecule has 0 bridgehead atoms. The summed E-state index contributed by atoms with van der Waals surface area (Å²) < 4.78 is 5.33. The first-order valence-electron chi connectivity index (χ1n) is 7.46. The first-order chi connectivity index (χ1) is 11.2. The van der Waals surface area contributed by atoms with Crippen LogP contribution in [0.5, 0.6) is 5.75 Å². The topological polar surface area (TPSA) is 50.7 Å². The van der Waals surface area contributed by atoms with E-state index in [4.69, 9.17) is 16.3 Å². The molecule has 1 heterocycles. The molecule has 0 saturated carbocycles. The number of thiophene rings is 1. The molecule has 1 N–H and O–H groups in total. The average molecular weight is 351 g/mol. The highest BCUT2D eigenvalue weighted by Gasteiger charge is 2.02. The summed E-state index contributed by atoms with van der Waals surface area (Å²) >= 11 is 7.53. The molecule has 0 atom stereocenters. The van der Waals surface area contributed by atoms with Gasteiger partial charge in [-0.3, -0.25) is 4.79 Å². The molecule has 0 aliphatic carbocycles. The highest BCUT2D eigenvalue weighted by molar-refractivity contribution is 7.13. The van der Waals surface area contributed by atoms with Crippen LogP contribution < -0.4 is 10.2 Å². The van der Waals surface area contributed by atoms with E-state index >= 15 is 0 Å². The summed E-state index contributed by atoms with van der Waals surface area (Å²) in [5.41, 5.74) is 2.45. The van der Waals surface area contributed by atoms with E-state index in [1.807, 2.05) is 6.07 Å². The molecule has 1 aromatic carbocycles. The van der Waals surface area contributed by atoms with Gasteiger partial charge in [-0.25, -0.2) is 5.43 Å². The number of carbonyl (C=O) groups is 1. The van der Waals surface area contributed by atoms with Crippen LogP contribution in [-0.4, -0.2) is 18.7 Å². The predicted molar refractivity (Wildman–Crippen MR) is 95.6 cm³/mol. The number of benzene rings is 1. The van der Waals surface area contributed by atoms with Gasteiger partial charge in [0.1, 0.15) is 5.75 Å². The van der Waals surface area contributed by atoms with Crippen molar-refractivity contribution in [2.75, 3.05) is 6.61 Å². The van der Waals surface area contributed by atoms with E-state index in [0.717, 1.165) is 11.3 Å². The van der Waals surface area contributed by atoms with Crippen LogP contribution >= 0.6 is 22.9 Å². The molecule has 0 aliphatic heterocycles. The highest BCUT2D eigenvalue weighted by Crippen LogP contribution is 2.17. The lowest BCUT2D eigenvalue weighted by Crippen LogP contribution is -2.24.